The van der Waals surface area contributed by atoms with Gasteiger partial charge in [0.2, 0.25) is 11.8 Å². The van der Waals surface area contributed by atoms with Crippen LogP contribution < -0.4 is 16.1 Å². The van der Waals surface area contributed by atoms with E-state index in [1.54, 1.807) is 11.8 Å². The number of nitrogens with zero attached hydrogens (tertiary/aromatic N) is 2. The van der Waals surface area contributed by atoms with Crippen LogP contribution in [0.5, 0.6) is 0 Å². The van der Waals surface area contributed by atoms with E-state index in [9.17, 15) is 14.4 Å². The van der Waals surface area contributed by atoms with Crippen molar-refractivity contribution in [2.75, 3.05) is 11.4 Å². The highest BCUT2D eigenvalue weighted by molar-refractivity contribution is 5.98. The Bertz CT molecular complexity index is 687. The van der Waals surface area contributed by atoms with Gasteiger partial charge in [0.1, 0.15) is 0 Å². The lowest BCUT2D eigenvalue weighted by Gasteiger charge is -2.32. The zero-order valence-electron chi connectivity index (χ0n) is 14.7. The van der Waals surface area contributed by atoms with Crippen LogP contribution in [0.3, 0.4) is 0 Å². The van der Waals surface area contributed by atoms with Gasteiger partial charge in [0, 0.05) is 30.6 Å². The van der Waals surface area contributed by atoms with Crippen LogP contribution in [0.1, 0.15) is 38.2 Å². The molecule has 2 rings (SSSR count). The number of aliphatic carboxylic acids is 1. The summed E-state index contributed by atoms with van der Waals surface area (Å²) in [5, 5.41) is 14.8. The number of rotatable bonds is 7. The van der Waals surface area contributed by atoms with E-state index < -0.39 is 17.9 Å². The Morgan fingerprint density at radius 1 is 1.42 bits per heavy atom. The van der Waals surface area contributed by atoms with Gasteiger partial charge in [0.25, 0.3) is 0 Å². The Morgan fingerprint density at radius 3 is 2.73 bits per heavy atom. The number of piperidine rings is 1. The molecule has 1 unspecified atom stereocenters. The third-order valence-corrected chi connectivity index (χ3v) is 4.30. The van der Waals surface area contributed by atoms with Gasteiger partial charge in [-0.05, 0) is 37.5 Å². The summed E-state index contributed by atoms with van der Waals surface area (Å²) in [4.78, 5) is 37.2. The zero-order valence-corrected chi connectivity index (χ0v) is 14.7. The maximum absolute atomic E-state index is 12.7. The van der Waals surface area contributed by atoms with E-state index in [2.05, 4.69) is 10.4 Å². The Hall–Kier alpha value is -2.90. The summed E-state index contributed by atoms with van der Waals surface area (Å²) in [6.07, 6.45) is 2.90. The fourth-order valence-corrected chi connectivity index (χ4v) is 3.09. The highest BCUT2D eigenvalue weighted by atomic mass is 16.4. The molecule has 4 N–H and O–H groups in total. The number of anilines is 1. The van der Waals surface area contributed by atoms with Crippen molar-refractivity contribution in [2.24, 2.45) is 16.9 Å². The smallest absolute Gasteiger partial charge is 0.305 e. The van der Waals surface area contributed by atoms with Crippen LogP contribution in [0.25, 0.3) is 0 Å². The number of nitrogens with two attached hydrogens (primary N) is 1. The lowest BCUT2D eigenvalue weighted by Crippen LogP contribution is -2.44. The molecule has 8 nitrogen and oxygen atoms in total. The van der Waals surface area contributed by atoms with E-state index in [1.165, 1.54) is 6.21 Å². The zero-order chi connectivity index (χ0) is 19.1. The van der Waals surface area contributed by atoms with Gasteiger partial charge >= 0.3 is 5.97 Å². The fraction of sp³-hybridized carbons (Fsp3) is 0.444. The van der Waals surface area contributed by atoms with E-state index in [4.69, 9.17) is 10.9 Å². The monoisotopic (exact) mass is 360 g/mol. The SMILES string of the molecule is C[C@@H](CC(=O)O)NC(=O)CC1CCCN(c2ccc(C=NN)cc2)C1=O. The van der Waals surface area contributed by atoms with Crippen LogP contribution in [0, 0.1) is 5.92 Å². The molecular weight excluding hydrogens is 336 g/mol. The second kappa shape index (κ2) is 8.98. The van der Waals surface area contributed by atoms with Crippen molar-refractivity contribution in [3.05, 3.63) is 29.8 Å². The summed E-state index contributed by atoms with van der Waals surface area (Å²) in [6.45, 7) is 2.24. The second-order valence-electron chi connectivity index (χ2n) is 6.47. The molecule has 2 amide bonds. The number of benzene rings is 1. The molecule has 0 radical (unpaired) electrons. The van der Waals surface area contributed by atoms with Crippen molar-refractivity contribution in [3.8, 4) is 0 Å². The van der Waals surface area contributed by atoms with Crippen molar-refractivity contribution in [1.29, 1.82) is 0 Å². The molecule has 2 atom stereocenters. The van der Waals surface area contributed by atoms with Crippen LogP contribution in [-0.4, -0.2) is 41.7 Å². The molecule has 26 heavy (non-hydrogen) atoms. The summed E-state index contributed by atoms with van der Waals surface area (Å²) in [7, 11) is 0. The molecule has 1 aromatic carbocycles. The summed E-state index contributed by atoms with van der Waals surface area (Å²) in [5.41, 5.74) is 1.61. The lowest BCUT2D eigenvalue weighted by molar-refractivity contribution is -0.138. The summed E-state index contributed by atoms with van der Waals surface area (Å²) in [5.74, 6) is 3.37. The summed E-state index contributed by atoms with van der Waals surface area (Å²) >= 11 is 0. The molecule has 0 saturated carbocycles. The largest absolute Gasteiger partial charge is 0.481 e. The molecule has 1 aliphatic heterocycles. The number of hydrazone groups is 1. The van der Waals surface area contributed by atoms with Gasteiger partial charge < -0.3 is 21.2 Å². The number of carboxylic acids is 1. The number of amides is 2. The molecule has 1 heterocycles. The summed E-state index contributed by atoms with van der Waals surface area (Å²) < 4.78 is 0. The van der Waals surface area contributed by atoms with E-state index >= 15 is 0 Å². The molecular formula is C18H24N4O4. The average molecular weight is 360 g/mol. The predicted octanol–water partition coefficient (Wildman–Crippen LogP) is 1.09. The molecule has 8 heteroatoms. The third kappa shape index (κ3) is 5.30. The van der Waals surface area contributed by atoms with E-state index in [1.807, 2.05) is 24.3 Å². The molecule has 0 bridgehead atoms. The quantitative estimate of drug-likeness (QED) is 0.381. The predicted molar refractivity (Wildman–Crippen MR) is 97.8 cm³/mol. The minimum atomic E-state index is -0.971. The van der Waals surface area contributed by atoms with Gasteiger partial charge in [-0.25, -0.2) is 0 Å². The molecule has 1 aliphatic rings. The average Bonchev–Trinajstić information content (AvgIpc) is 2.57. The van der Waals surface area contributed by atoms with Crippen LogP contribution in [-0.2, 0) is 14.4 Å². The molecule has 1 saturated heterocycles. The number of carboxylic acid groups (broad SMARTS) is 1. The molecule has 1 fully saturated rings. The van der Waals surface area contributed by atoms with Crippen LogP contribution in [0.2, 0.25) is 0 Å². The number of hydrogen-bond donors (Lipinski definition) is 3. The van der Waals surface area contributed by atoms with Gasteiger partial charge in [-0.1, -0.05) is 12.1 Å². The highest BCUT2D eigenvalue weighted by Crippen LogP contribution is 2.26. The van der Waals surface area contributed by atoms with E-state index in [0.717, 1.165) is 17.7 Å². The van der Waals surface area contributed by atoms with Crippen molar-refractivity contribution >= 4 is 29.7 Å². The Balaban J connectivity index is 1.98. The number of hydrogen-bond acceptors (Lipinski definition) is 5. The fourth-order valence-electron chi connectivity index (χ4n) is 3.09. The first-order valence-corrected chi connectivity index (χ1v) is 8.56. The van der Waals surface area contributed by atoms with Crippen LogP contribution in [0.4, 0.5) is 5.69 Å². The first-order chi connectivity index (χ1) is 12.4. The molecule has 140 valence electrons. The first-order valence-electron chi connectivity index (χ1n) is 8.56. The second-order valence-corrected chi connectivity index (χ2v) is 6.47. The number of carbonyl (C=O) groups is 3. The molecule has 0 aliphatic carbocycles. The topological polar surface area (TPSA) is 125 Å². The highest BCUT2D eigenvalue weighted by Gasteiger charge is 2.31. The molecule has 1 aromatic rings. The lowest BCUT2D eigenvalue weighted by atomic mass is 9.92. The normalized spacial score (nSPS) is 18.7. The first kappa shape index (κ1) is 19.4. The van der Waals surface area contributed by atoms with Gasteiger partial charge in [-0.15, -0.1) is 0 Å². The van der Waals surface area contributed by atoms with Crippen molar-refractivity contribution < 1.29 is 19.5 Å². The van der Waals surface area contributed by atoms with E-state index in [0.29, 0.717) is 13.0 Å². The minimum absolute atomic E-state index is 0.0667. The summed E-state index contributed by atoms with van der Waals surface area (Å²) in [6, 6.07) is 6.83. The van der Waals surface area contributed by atoms with Crippen LogP contribution >= 0.6 is 0 Å². The van der Waals surface area contributed by atoms with Crippen LogP contribution in [0.15, 0.2) is 29.4 Å². The van der Waals surface area contributed by atoms with Crippen molar-refractivity contribution in [3.63, 3.8) is 0 Å². The standard InChI is InChI=1S/C18H24N4O4/c1-12(9-17(24)25)21-16(23)10-14-3-2-8-22(18(14)26)15-6-4-13(5-7-15)11-20-19/h4-7,11-12,14H,2-3,8-10,19H2,1H3,(H,21,23)(H,24,25)/t12-,14?/m0/s1. The van der Waals surface area contributed by atoms with Gasteiger partial charge in [0.05, 0.1) is 12.6 Å². The Kier molecular flexibility index (Phi) is 6.71. The Morgan fingerprint density at radius 2 is 2.12 bits per heavy atom. The molecule has 0 spiro atoms. The van der Waals surface area contributed by atoms with Gasteiger partial charge in [-0.2, -0.15) is 5.10 Å². The maximum Gasteiger partial charge on any atom is 0.305 e. The van der Waals surface area contributed by atoms with Gasteiger partial charge in [-0.3, -0.25) is 14.4 Å². The molecule has 0 aromatic heterocycles. The number of carbonyl (C=O) groups excluding carboxylic acids is 2. The number of nitrogens with one attached hydrogen (secondary N) is 1. The minimum Gasteiger partial charge on any atom is -0.481 e. The van der Waals surface area contributed by atoms with Crippen molar-refractivity contribution in [2.45, 2.75) is 38.6 Å². The third-order valence-electron chi connectivity index (χ3n) is 4.30. The maximum atomic E-state index is 12.7. The van der Waals surface area contributed by atoms with E-state index in [-0.39, 0.29) is 24.7 Å². The Labute approximate surface area is 152 Å². The van der Waals surface area contributed by atoms with Gasteiger partial charge in [0.15, 0.2) is 0 Å². The van der Waals surface area contributed by atoms with Crippen molar-refractivity contribution in [1.82, 2.24) is 5.32 Å².